The molecule has 1 N–H and O–H groups in total. The van der Waals surface area contributed by atoms with Gasteiger partial charge in [0.1, 0.15) is 0 Å². The number of esters is 1. The predicted octanol–water partition coefficient (Wildman–Crippen LogP) is 3.28. The van der Waals surface area contributed by atoms with E-state index in [-0.39, 0.29) is 5.97 Å². The molecule has 0 fully saturated rings. The summed E-state index contributed by atoms with van der Waals surface area (Å²) in [6, 6.07) is 15.4. The summed E-state index contributed by atoms with van der Waals surface area (Å²) in [5, 5.41) is 3.21. The number of aryl methyl sites for hydroxylation is 1. The highest BCUT2D eigenvalue weighted by Crippen LogP contribution is 2.31. The molecule has 0 unspecified atom stereocenters. The average molecular weight is 239 g/mol. The molecule has 1 atom stereocenters. The molecule has 3 rings (SSSR count). The molecule has 3 nitrogen and oxygen atoms in total. The number of anilines is 1. The molecule has 1 aliphatic rings. The maximum absolute atomic E-state index is 11.7. The Morgan fingerprint density at radius 3 is 2.56 bits per heavy atom. The van der Waals surface area contributed by atoms with Crippen molar-refractivity contribution in [3.05, 3.63) is 65.2 Å². The highest BCUT2D eigenvalue weighted by molar-refractivity contribution is 5.94. The first-order valence-corrected chi connectivity index (χ1v) is 5.87. The third-order valence-corrected chi connectivity index (χ3v) is 3.04. The molecule has 0 saturated heterocycles. The number of carbonyl (C=O) groups is 1. The van der Waals surface area contributed by atoms with Crippen molar-refractivity contribution in [3.8, 4) is 0 Å². The van der Waals surface area contributed by atoms with E-state index in [2.05, 4.69) is 5.32 Å². The van der Waals surface area contributed by atoms with Crippen LogP contribution in [0, 0.1) is 6.92 Å². The summed E-state index contributed by atoms with van der Waals surface area (Å²) in [5.41, 5.74) is 3.67. The molecule has 0 amide bonds. The number of benzene rings is 2. The van der Waals surface area contributed by atoms with E-state index < -0.39 is 6.23 Å². The first-order valence-electron chi connectivity index (χ1n) is 5.87. The monoisotopic (exact) mass is 239 g/mol. The van der Waals surface area contributed by atoms with Gasteiger partial charge >= 0.3 is 5.97 Å². The number of hydrogen-bond donors (Lipinski definition) is 1. The summed E-state index contributed by atoms with van der Waals surface area (Å²) < 4.78 is 5.32. The Balaban J connectivity index is 1.87. The zero-order valence-electron chi connectivity index (χ0n) is 10.0. The molecule has 3 heteroatoms. The molecule has 0 aliphatic carbocycles. The van der Waals surface area contributed by atoms with Crippen molar-refractivity contribution in [1.29, 1.82) is 0 Å². The van der Waals surface area contributed by atoms with Gasteiger partial charge in [0.25, 0.3) is 0 Å². The number of hydrogen-bond acceptors (Lipinski definition) is 3. The lowest BCUT2D eigenvalue weighted by molar-refractivity contribution is 0.0437. The normalized spacial score (nSPS) is 17.2. The number of nitrogens with one attached hydrogen (secondary N) is 1. The number of carbonyl (C=O) groups excluding carboxylic acids is 1. The third kappa shape index (κ3) is 1.84. The lowest BCUT2D eigenvalue weighted by Gasteiger charge is -2.14. The Morgan fingerprint density at radius 1 is 1.06 bits per heavy atom. The summed E-state index contributed by atoms with van der Waals surface area (Å²) in [4.78, 5) is 11.7. The molecule has 2 aromatic carbocycles. The fourth-order valence-corrected chi connectivity index (χ4v) is 2.05. The lowest BCUT2D eigenvalue weighted by atomic mass is 10.1. The van der Waals surface area contributed by atoms with Crippen LogP contribution >= 0.6 is 0 Å². The fourth-order valence-electron chi connectivity index (χ4n) is 2.05. The van der Waals surface area contributed by atoms with Crippen LogP contribution in [0.15, 0.2) is 48.5 Å². The quantitative estimate of drug-likeness (QED) is 0.817. The maximum atomic E-state index is 11.7. The van der Waals surface area contributed by atoms with Gasteiger partial charge in [0, 0.05) is 11.3 Å². The number of rotatable bonds is 2. The zero-order valence-corrected chi connectivity index (χ0v) is 10.0. The summed E-state index contributed by atoms with van der Waals surface area (Å²) in [7, 11) is 0. The van der Waals surface area contributed by atoms with Crippen LogP contribution < -0.4 is 5.32 Å². The first-order chi connectivity index (χ1) is 8.74. The van der Waals surface area contributed by atoms with Gasteiger partial charge in [0.15, 0.2) is 0 Å². The smallest absolute Gasteiger partial charge is 0.340 e. The summed E-state index contributed by atoms with van der Waals surface area (Å²) in [5.74, 6) is -0.268. The average Bonchev–Trinajstić information content (AvgIpc) is 2.70. The van der Waals surface area contributed by atoms with Crippen LogP contribution in [-0.4, -0.2) is 5.97 Å². The van der Waals surface area contributed by atoms with Crippen molar-refractivity contribution in [1.82, 2.24) is 0 Å². The molecular formula is C15H13NO2. The molecule has 1 heterocycles. The third-order valence-electron chi connectivity index (χ3n) is 3.04. The Labute approximate surface area is 105 Å². The van der Waals surface area contributed by atoms with Crippen molar-refractivity contribution in [2.75, 3.05) is 5.32 Å². The van der Waals surface area contributed by atoms with Crippen molar-refractivity contribution < 1.29 is 9.53 Å². The molecular weight excluding hydrogens is 226 g/mol. The molecule has 2 aromatic rings. The van der Waals surface area contributed by atoms with Gasteiger partial charge < -0.3 is 10.1 Å². The number of fused-ring (bicyclic) bond motifs is 1. The van der Waals surface area contributed by atoms with Crippen molar-refractivity contribution in [2.45, 2.75) is 13.2 Å². The Bertz CT molecular complexity index is 590. The largest absolute Gasteiger partial charge is 0.434 e. The SMILES string of the molecule is Cc1ccc(N[C@H]2OC(=O)c3ccccc32)cc1. The van der Waals surface area contributed by atoms with Gasteiger partial charge in [0.05, 0.1) is 5.56 Å². The molecule has 0 saturated carbocycles. The predicted molar refractivity (Wildman–Crippen MR) is 69.4 cm³/mol. The van der Waals surface area contributed by atoms with E-state index >= 15 is 0 Å². The van der Waals surface area contributed by atoms with E-state index in [0.29, 0.717) is 5.56 Å². The second-order valence-electron chi connectivity index (χ2n) is 4.38. The van der Waals surface area contributed by atoms with Crippen LogP contribution in [0.5, 0.6) is 0 Å². The van der Waals surface area contributed by atoms with E-state index in [4.69, 9.17) is 4.74 Å². The van der Waals surface area contributed by atoms with Crippen molar-refractivity contribution >= 4 is 11.7 Å². The number of cyclic esters (lactones) is 1. The van der Waals surface area contributed by atoms with Gasteiger partial charge in [-0.05, 0) is 25.1 Å². The van der Waals surface area contributed by atoms with Crippen LogP contribution in [0.1, 0.15) is 27.7 Å². The van der Waals surface area contributed by atoms with E-state index in [1.165, 1.54) is 5.56 Å². The maximum Gasteiger partial charge on any atom is 0.340 e. The van der Waals surface area contributed by atoms with Gasteiger partial charge in [-0.15, -0.1) is 0 Å². The minimum Gasteiger partial charge on any atom is -0.434 e. The summed E-state index contributed by atoms with van der Waals surface area (Å²) >= 11 is 0. The van der Waals surface area contributed by atoms with Crippen LogP contribution in [-0.2, 0) is 4.74 Å². The van der Waals surface area contributed by atoms with Gasteiger partial charge in [-0.2, -0.15) is 0 Å². The summed E-state index contributed by atoms with van der Waals surface area (Å²) in [6.07, 6.45) is -0.392. The second-order valence-corrected chi connectivity index (χ2v) is 4.38. The minimum absolute atomic E-state index is 0.268. The molecule has 0 spiro atoms. The molecule has 0 aromatic heterocycles. The molecule has 90 valence electrons. The highest BCUT2D eigenvalue weighted by atomic mass is 16.6. The van der Waals surface area contributed by atoms with E-state index in [1.54, 1.807) is 6.07 Å². The van der Waals surface area contributed by atoms with Gasteiger partial charge in [-0.3, -0.25) is 0 Å². The summed E-state index contributed by atoms with van der Waals surface area (Å²) in [6.45, 7) is 2.04. The first kappa shape index (κ1) is 10.8. The van der Waals surface area contributed by atoms with E-state index in [0.717, 1.165) is 11.3 Å². The lowest BCUT2D eigenvalue weighted by Crippen LogP contribution is -2.10. The van der Waals surface area contributed by atoms with Crippen molar-refractivity contribution in [2.24, 2.45) is 0 Å². The van der Waals surface area contributed by atoms with Gasteiger partial charge in [0.2, 0.25) is 6.23 Å². The van der Waals surface area contributed by atoms with Gasteiger partial charge in [-0.1, -0.05) is 35.9 Å². The van der Waals surface area contributed by atoms with Gasteiger partial charge in [-0.25, -0.2) is 4.79 Å². The molecule has 18 heavy (non-hydrogen) atoms. The molecule has 0 bridgehead atoms. The second kappa shape index (κ2) is 4.18. The van der Waals surface area contributed by atoms with Crippen LogP contribution in [0.2, 0.25) is 0 Å². The standard InChI is InChI=1S/C15H13NO2/c1-10-6-8-11(9-7-10)16-14-12-4-2-3-5-13(12)15(17)18-14/h2-9,14,16H,1H3/t14-/m0/s1. The highest BCUT2D eigenvalue weighted by Gasteiger charge is 2.30. The Kier molecular flexibility index (Phi) is 2.52. The van der Waals surface area contributed by atoms with Crippen LogP contribution in [0.3, 0.4) is 0 Å². The molecule has 0 radical (unpaired) electrons. The fraction of sp³-hybridized carbons (Fsp3) is 0.133. The number of ether oxygens (including phenoxy) is 1. The van der Waals surface area contributed by atoms with E-state index in [9.17, 15) is 4.79 Å². The Hall–Kier alpha value is -2.29. The topological polar surface area (TPSA) is 38.3 Å². The molecule has 1 aliphatic heterocycles. The van der Waals surface area contributed by atoms with E-state index in [1.807, 2.05) is 49.4 Å². The zero-order chi connectivity index (χ0) is 12.5. The van der Waals surface area contributed by atoms with Crippen LogP contribution in [0.4, 0.5) is 5.69 Å². The minimum atomic E-state index is -0.392. The van der Waals surface area contributed by atoms with Crippen LogP contribution in [0.25, 0.3) is 0 Å². The van der Waals surface area contributed by atoms with Crippen molar-refractivity contribution in [3.63, 3.8) is 0 Å². The Morgan fingerprint density at radius 2 is 1.78 bits per heavy atom.